The highest BCUT2D eigenvalue weighted by atomic mass is 32.1. The van der Waals surface area contributed by atoms with Gasteiger partial charge in [-0.15, -0.1) is 0 Å². The Balaban J connectivity index is 1.32. The highest BCUT2D eigenvalue weighted by molar-refractivity contribution is 7.80. The summed E-state index contributed by atoms with van der Waals surface area (Å²) in [4.78, 5) is 19.5. The van der Waals surface area contributed by atoms with Crippen molar-refractivity contribution in [3.05, 3.63) is 101 Å². The molecule has 4 aromatic rings. The van der Waals surface area contributed by atoms with Gasteiger partial charge in [0.25, 0.3) is 0 Å². The summed E-state index contributed by atoms with van der Waals surface area (Å²) in [5, 5.41) is 6.85. The van der Waals surface area contributed by atoms with Crippen LogP contribution in [0.25, 0.3) is 5.69 Å². The third-order valence-corrected chi connectivity index (χ3v) is 7.66. The summed E-state index contributed by atoms with van der Waals surface area (Å²) >= 11 is 5.80. The molecule has 1 fully saturated rings. The third-order valence-electron chi connectivity index (χ3n) is 7.31. The molecule has 1 saturated heterocycles. The van der Waals surface area contributed by atoms with Crippen LogP contribution < -0.4 is 20.1 Å². The Morgan fingerprint density at radius 1 is 1.10 bits per heavy atom. The van der Waals surface area contributed by atoms with Gasteiger partial charge in [0.1, 0.15) is 5.82 Å². The average molecular weight is 558 g/mol. The first-order valence-corrected chi connectivity index (χ1v) is 13.4. The summed E-state index contributed by atoms with van der Waals surface area (Å²) in [6, 6.07) is 19.2. The van der Waals surface area contributed by atoms with E-state index >= 15 is 0 Å². The number of pyridine rings is 1. The summed E-state index contributed by atoms with van der Waals surface area (Å²) in [6.45, 7) is 4.76. The second-order valence-electron chi connectivity index (χ2n) is 9.82. The molecule has 2 aromatic carbocycles. The van der Waals surface area contributed by atoms with Crippen LogP contribution in [0.5, 0.6) is 11.5 Å². The molecule has 1 amide bonds. The number of amides is 1. The maximum atomic E-state index is 13.3. The first-order valence-electron chi connectivity index (χ1n) is 13.0. The van der Waals surface area contributed by atoms with Crippen LogP contribution in [0.3, 0.4) is 0 Å². The highest BCUT2D eigenvalue weighted by Gasteiger charge is 2.41. The van der Waals surface area contributed by atoms with Gasteiger partial charge in [0, 0.05) is 48.0 Å². The van der Waals surface area contributed by atoms with Crippen LogP contribution in [0.4, 0.5) is 10.1 Å². The van der Waals surface area contributed by atoms with Crippen molar-refractivity contribution < 1.29 is 18.7 Å². The van der Waals surface area contributed by atoms with Crippen LogP contribution in [-0.2, 0) is 4.79 Å². The van der Waals surface area contributed by atoms with E-state index in [1.54, 1.807) is 18.3 Å². The van der Waals surface area contributed by atoms with E-state index in [4.69, 9.17) is 21.7 Å². The number of aryl methyl sites for hydroxylation is 1. The fraction of sp³-hybridized carbons (Fsp3) is 0.233. The predicted octanol–water partition coefficient (Wildman–Crippen LogP) is 5.36. The largest absolute Gasteiger partial charge is 0.454 e. The molecule has 2 N–H and O–H groups in total. The lowest BCUT2D eigenvalue weighted by Crippen LogP contribution is -2.32. The van der Waals surface area contributed by atoms with E-state index in [-0.39, 0.29) is 37.0 Å². The number of fused-ring (bicyclic) bond motifs is 1. The van der Waals surface area contributed by atoms with Gasteiger partial charge in [0.15, 0.2) is 16.6 Å². The summed E-state index contributed by atoms with van der Waals surface area (Å²) in [5.74, 6) is 0.918. The van der Waals surface area contributed by atoms with Gasteiger partial charge in [0.05, 0.1) is 17.8 Å². The lowest BCUT2D eigenvalue weighted by Gasteiger charge is -2.28. The monoisotopic (exact) mass is 557 g/mol. The fourth-order valence-corrected chi connectivity index (χ4v) is 5.80. The number of halogens is 1. The van der Waals surface area contributed by atoms with E-state index in [9.17, 15) is 9.18 Å². The van der Waals surface area contributed by atoms with E-state index in [0.717, 1.165) is 39.8 Å². The molecular formula is C30H28FN5O3S. The number of nitrogens with zero attached hydrogens (tertiary/aromatic N) is 3. The number of benzene rings is 2. The minimum Gasteiger partial charge on any atom is -0.454 e. The predicted molar refractivity (Wildman–Crippen MR) is 153 cm³/mol. The minimum atomic E-state index is -0.353. The van der Waals surface area contributed by atoms with Crippen molar-refractivity contribution in [3.63, 3.8) is 0 Å². The number of ether oxygens (including phenoxy) is 2. The third kappa shape index (κ3) is 4.86. The normalized spacial score (nSPS) is 17.7. The van der Waals surface area contributed by atoms with Crippen molar-refractivity contribution in [2.24, 2.45) is 0 Å². The Bertz CT molecular complexity index is 1570. The van der Waals surface area contributed by atoms with Gasteiger partial charge in [0.2, 0.25) is 12.7 Å². The first-order chi connectivity index (χ1) is 19.4. The van der Waals surface area contributed by atoms with E-state index in [0.29, 0.717) is 17.3 Å². The smallest absolute Gasteiger partial charge is 0.231 e. The molecule has 4 heterocycles. The van der Waals surface area contributed by atoms with Crippen molar-refractivity contribution in [3.8, 4) is 17.2 Å². The quantitative estimate of drug-likeness (QED) is 0.296. The number of anilines is 1. The second-order valence-corrected chi connectivity index (χ2v) is 10.2. The summed E-state index contributed by atoms with van der Waals surface area (Å²) in [6.07, 6.45) is 1.97. The van der Waals surface area contributed by atoms with E-state index in [2.05, 4.69) is 45.0 Å². The Labute approximate surface area is 236 Å². The fourth-order valence-electron chi connectivity index (χ4n) is 5.47. The molecule has 0 bridgehead atoms. The lowest BCUT2D eigenvalue weighted by molar-refractivity contribution is -0.116. The van der Waals surface area contributed by atoms with Gasteiger partial charge in [-0.05, 0) is 86.2 Å². The molecule has 2 atom stereocenters. The van der Waals surface area contributed by atoms with Gasteiger partial charge in [-0.1, -0.05) is 6.07 Å². The van der Waals surface area contributed by atoms with Crippen molar-refractivity contribution in [2.45, 2.75) is 32.4 Å². The second kappa shape index (κ2) is 10.6. The van der Waals surface area contributed by atoms with Crippen molar-refractivity contribution >= 4 is 28.9 Å². The van der Waals surface area contributed by atoms with Gasteiger partial charge >= 0.3 is 0 Å². The Kier molecular flexibility index (Phi) is 6.85. The van der Waals surface area contributed by atoms with Crippen LogP contribution in [0.15, 0.2) is 72.9 Å². The SMILES string of the molecule is Cc1cc(C2C(c3ccccn3)NC(=S)N2CCC(=O)Nc2ccc(F)cc2)c(C)n1-c1ccc2c(c1)OCO2. The minimum absolute atomic E-state index is 0.180. The first kappa shape index (κ1) is 25.8. The van der Waals surface area contributed by atoms with E-state index in [1.165, 1.54) is 12.1 Å². The molecule has 204 valence electrons. The number of rotatable bonds is 7. The van der Waals surface area contributed by atoms with Gasteiger partial charge in [-0.25, -0.2) is 4.39 Å². The number of thiocarbonyl (C=S) groups is 1. The Morgan fingerprint density at radius 2 is 1.90 bits per heavy atom. The number of carbonyl (C=O) groups is 1. The average Bonchev–Trinajstić information content (AvgIpc) is 3.63. The summed E-state index contributed by atoms with van der Waals surface area (Å²) in [7, 11) is 0. The molecule has 2 aliphatic heterocycles. The molecule has 0 aliphatic carbocycles. The molecular weight excluding hydrogens is 529 g/mol. The molecule has 8 nitrogen and oxygen atoms in total. The van der Waals surface area contributed by atoms with Crippen LogP contribution >= 0.6 is 12.2 Å². The zero-order valence-corrected chi connectivity index (χ0v) is 22.9. The Morgan fingerprint density at radius 3 is 2.67 bits per heavy atom. The molecule has 0 saturated carbocycles. The molecule has 2 aliphatic rings. The van der Waals surface area contributed by atoms with Gasteiger partial charge < -0.3 is 29.6 Å². The molecule has 0 radical (unpaired) electrons. The molecule has 2 unspecified atom stereocenters. The van der Waals surface area contributed by atoms with Crippen LogP contribution in [0, 0.1) is 19.7 Å². The topological polar surface area (TPSA) is 80.7 Å². The zero-order chi connectivity index (χ0) is 27.8. The Hall–Kier alpha value is -4.44. The van der Waals surface area contributed by atoms with Crippen molar-refractivity contribution in [1.29, 1.82) is 0 Å². The molecule has 40 heavy (non-hydrogen) atoms. The highest BCUT2D eigenvalue weighted by Crippen LogP contribution is 2.42. The standard InChI is InChI=1S/C30H28FN5O3S/c1-18-15-23(19(2)36(18)22-10-11-25-26(16-22)39-17-38-25)29-28(24-5-3-4-13-32-24)34-30(40)35(29)14-12-27(37)33-21-8-6-20(31)7-9-21/h3-11,13,15-16,28-29H,12,14,17H2,1-2H3,(H,33,37)(H,34,40). The van der Waals surface area contributed by atoms with Gasteiger partial charge in [-0.2, -0.15) is 0 Å². The number of aromatic nitrogens is 2. The molecule has 2 aromatic heterocycles. The number of nitrogens with one attached hydrogen (secondary N) is 2. The summed E-state index contributed by atoms with van der Waals surface area (Å²) in [5.41, 5.74) is 5.56. The van der Waals surface area contributed by atoms with Crippen LogP contribution in [0.1, 0.15) is 41.1 Å². The van der Waals surface area contributed by atoms with Crippen molar-refractivity contribution in [1.82, 2.24) is 19.8 Å². The molecule has 0 spiro atoms. The molecule has 6 rings (SSSR count). The molecule has 10 heteroatoms. The maximum absolute atomic E-state index is 13.3. The summed E-state index contributed by atoms with van der Waals surface area (Å²) < 4.78 is 26.6. The van der Waals surface area contributed by atoms with Gasteiger partial charge in [-0.3, -0.25) is 9.78 Å². The maximum Gasteiger partial charge on any atom is 0.231 e. The van der Waals surface area contributed by atoms with E-state index in [1.807, 2.05) is 36.4 Å². The van der Waals surface area contributed by atoms with Crippen molar-refractivity contribution in [2.75, 3.05) is 18.7 Å². The number of hydrogen-bond donors (Lipinski definition) is 2. The van der Waals surface area contributed by atoms with Crippen LogP contribution in [0.2, 0.25) is 0 Å². The van der Waals surface area contributed by atoms with E-state index < -0.39 is 0 Å². The van der Waals surface area contributed by atoms with Crippen LogP contribution in [-0.4, -0.2) is 38.8 Å². The zero-order valence-electron chi connectivity index (χ0n) is 22.1. The number of hydrogen-bond acceptors (Lipinski definition) is 5. The lowest BCUT2D eigenvalue weighted by atomic mass is 9.96. The number of carbonyl (C=O) groups excluding carboxylic acids is 1.